The highest BCUT2D eigenvalue weighted by molar-refractivity contribution is 6.22. The fourth-order valence-electron chi connectivity index (χ4n) is 2.67. The van der Waals surface area contributed by atoms with Crippen LogP contribution in [0.15, 0.2) is 54.6 Å². The Morgan fingerprint density at radius 2 is 1.71 bits per heavy atom. The molecule has 0 bridgehead atoms. The molecule has 2 aromatic rings. The predicted molar refractivity (Wildman–Crippen MR) is 85.5 cm³/mol. The first kappa shape index (κ1) is 15.9. The van der Waals surface area contributed by atoms with E-state index in [0.717, 1.165) is 5.56 Å². The van der Waals surface area contributed by atoms with Gasteiger partial charge in [0.05, 0.1) is 6.04 Å². The molecule has 1 aliphatic rings. The molecule has 0 radical (unpaired) electrons. The van der Waals surface area contributed by atoms with Crippen molar-refractivity contribution in [3.8, 4) is 0 Å². The van der Waals surface area contributed by atoms with Crippen LogP contribution in [-0.4, -0.2) is 17.6 Å². The maximum Gasteiger partial charge on any atom is 0.244 e. The Balaban J connectivity index is 1.71. The smallest absolute Gasteiger partial charge is 0.244 e. The Bertz CT molecular complexity index is 757. The van der Waals surface area contributed by atoms with Gasteiger partial charge in [0.15, 0.2) is 11.7 Å². The van der Waals surface area contributed by atoms with E-state index in [1.165, 1.54) is 24.3 Å². The lowest BCUT2D eigenvalue weighted by molar-refractivity contribution is -0.143. The largest absolute Gasteiger partial charge is 0.348 e. The van der Waals surface area contributed by atoms with Gasteiger partial charge in [-0.25, -0.2) is 4.39 Å². The van der Waals surface area contributed by atoms with Crippen molar-refractivity contribution in [2.45, 2.75) is 12.5 Å². The summed E-state index contributed by atoms with van der Waals surface area (Å²) in [5.74, 6) is -3.61. The summed E-state index contributed by atoms with van der Waals surface area (Å²) in [6, 6.07) is 13.8. The molecule has 2 amide bonds. The van der Waals surface area contributed by atoms with Gasteiger partial charge >= 0.3 is 0 Å². The zero-order chi connectivity index (χ0) is 17.1. The number of amides is 2. The van der Waals surface area contributed by atoms with E-state index in [1.807, 2.05) is 30.3 Å². The molecule has 24 heavy (non-hydrogen) atoms. The topological polar surface area (TPSA) is 75.3 Å². The SMILES string of the molecule is O=C1CC(c2ccccc2)NC(=O)C1C(=O)Nc1ccc(F)cc1. The van der Waals surface area contributed by atoms with Crippen LogP contribution in [0.5, 0.6) is 0 Å². The number of rotatable bonds is 3. The summed E-state index contributed by atoms with van der Waals surface area (Å²) in [5, 5.41) is 5.18. The highest BCUT2D eigenvalue weighted by Crippen LogP contribution is 2.25. The maximum atomic E-state index is 12.9. The maximum absolute atomic E-state index is 12.9. The number of anilines is 1. The van der Waals surface area contributed by atoms with Gasteiger partial charge in [-0.05, 0) is 29.8 Å². The molecular formula is C18H15FN2O3. The molecule has 0 spiro atoms. The van der Waals surface area contributed by atoms with Crippen LogP contribution in [-0.2, 0) is 14.4 Å². The number of hydrogen-bond donors (Lipinski definition) is 2. The van der Waals surface area contributed by atoms with Crippen LogP contribution in [0.4, 0.5) is 10.1 Å². The summed E-state index contributed by atoms with van der Waals surface area (Å²) in [6.07, 6.45) is 0.0528. The van der Waals surface area contributed by atoms with Crippen LogP contribution >= 0.6 is 0 Å². The molecule has 6 heteroatoms. The molecule has 2 aromatic carbocycles. The number of ketones is 1. The minimum absolute atomic E-state index is 0.0528. The molecule has 3 rings (SSSR count). The number of benzene rings is 2. The van der Waals surface area contributed by atoms with Gasteiger partial charge in [-0.1, -0.05) is 30.3 Å². The van der Waals surface area contributed by atoms with Gasteiger partial charge in [-0.15, -0.1) is 0 Å². The number of carbonyl (C=O) groups is 3. The number of halogens is 1. The molecule has 0 saturated carbocycles. The summed E-state index contributed by atoms with van der Waals surface area (Å²) in [5.41, 5.74) is 1.14. The fourth-order valence-corrected chi connectivity index (χ4v) is 2.67. The van der Waals surface area contributed by atoms with Crippen molar-refractivity contribution >= 4 is 23.3 Å². The van der Waals surface area contributed by atoms with Crippen molar-refractivity contribution in [1.29, 1.82) is 0 Å². The van der Waals surface area contributed by atoms with Crippen molar-refractivity contribution in [3.05, 3.63) is 66.0 Å². The van der Waals surface area contributed by atoms with Crippen LogP contribution in [0.25, 0.3) is 0 Å². The third-order valence-electron chi connectivity index (χ3n) is 3.88. The third kappa shape index (κ3) is 3.32. The highest BCUT2D eigenvalue weighted by atomic mass is 19.1. The number of Topliss-reactive ketones (excluding diaryl/α,β-unsaturated/α-hetero) is 1. The second-order valence-corrected chi connectivity index (χ2v) is 5.57. The fraction of sp³-hybridized carbons (Fsp3) is 0.167. The molecule has 0 aliphatic carbocycles. The van der Waals surface area contributed by atoms with Gasteiger partial charge in [0.2, 0.25) is 11.8 Å². The van der Waals surface area contributed by atoms with Gasteiger partial charge in [-0.2, -0.15) is 0 Å². The van der Waals surface area contributed by atoms with Crippen LogP contribution < -0.4 is 10.6 Å². The van der Waals surface area contributed by atoms with Crippen LogP contribution in [0.1, 0.15) is 18.0 Å². The average Bonchev–Trinajstić information content (AvgIpc) is 2.57. The number of hydrogen-bond acceptors (Lipinski definition) is 3. The van der Waals surface area contributed by atoms with Crippen LogP contribution in [0.3, 0.4) is 0 Å². The summed E-state index contributed by atoms with van der Waals surface area (Å²) in [6.45, 7) is 0. The van der Waals surface area contributed by atoms with E-state index in [-0.39, 0.29) is 6.42 Å². The molecule has 5 nitrogen and oxygen atoms in total. The molecule has 0 aromatic heterocycles. The number of piperidine rings is 1. The van der Waals surface area contributed by atoms with E-state index in [1.54, 1.807) is 0 Å². The second kappa shape index (κ2) is 6.62. The van der Waals surface area contributed by atoms with Gasteiger partial charge < -0.3 is 10.6 Å². The van der Waals surface area contributed by atoms with E-state index in [2.05, 4.69) is 10.6 Å². The predicted octanol–water partition coefficient (Wildman–Crippen LogP) is 2.21. The molecule has 2 atom stereocenters. The first-order valence-electron chi connectivity index (χ1n) is 7.49. The first-order chi connectivity index (χ1) is 11.5. The summed E-state index contributed by atoms with van der Waals surface area (Å²) in [7, 11) is 0. The highest BCUT2D eigenvalue weighted by Gasteiger charge is 2.40. The minimum atomic E-state index is -1.39. The Labute approximate surface area is 137 Å². The van der Waals surface area contributed by atoms with Crippen molar-refractivity contribution in [3.63, 3.8) is 0 Å². The molecule has 1 fully saturated rings. The monoisotopic (exact) mass is 326 g/mol. The van der Waals surface area contributed by atoms with Gasteiger partial charge in [0, 0.05) is 12.1 Å². The minimum Gasteiger partial charge on any atom is -0.348 e. The van der Waals surface area contributed by atoms with Gasteiger partial charge in [0.25, 0.3) is 0 Å². The Hall–Kier alpha value is -3.02. The van der Waals surface area contributed by atoms with E-state index in [4.69, 9.17) is 0 Å². The Morgan fingerprint density at radius 3 is 2.33 bits per heavy atom. The lowest BCUT2D eigenvalue weighted by Crippen LogP contribution is -2.49. The van der Waals surface area contributed by atoms with E-state index in [0.29, 0.717) is 5.69 Å². The Kier molecular flexibility index (Phi) is 4.37. The molecule has 1 heterocycles. The average molecular weight is 326 g/mol. The zero-order valence-electron chi connectivity index (χ0n) is 12.7. The lowest BCUT2D eigenvalue weighted by atomic mass is 9.88. The standard InChI is InChI=1S/C18H15FN2O3/c19-12-6-8-13(9-7-12)20-17(23)16-15(22)10-14(21-18(16)24)11-4-2-1-3-5-11/h1-9,14,16H,10H2,(H,20,23)(H,21,24). The Morgan fingerprint density at radius 1 is 1.04 bits per heavy atom. The van der Waals surface area contributed by atoms with Crippen molar-refractivity contribution in [2.75, 3.05) is 5.32 Å². The van der Waals surface area contributed by atoms with E-state index in [9.17, 15) is 18.8 Å². The first-order valence-corrected chi connectivity index (χ1v) is 7.49. The van der Waals surface area contributed by atoms with E-state index < -0.39 is 35.4 Å². The molecule has 122 valence electrons. The number of carbonyl (C=O) groups excluding carboxylic acids is 3. The summed E-state index contributed by atoms with van der Waals surface area (Å²) < 4.78 is 12.9. The molecule has 2 N–H and O–H groups in total. The van der Waals surface area contributed by atoms with Crippen LogP contribution in [0.2, 0.25) is 0 Å². The van der Waals surface area contributed by atoms with Crippen molar-refractivity contribution < 1.29 is 18.8 Å². The molecule has 1 saturated heterocycles. The molecule has 1 aliphatic heterocycles. The molecular weight excluding hydrogens is 311 g/mol. The third-order valence-corrected chi connectivity index (χ3v) is 3.88. The lowest BCUT2D eigenvalue weighted by Gasteiger charge is -2.27. The second-order valence-electron chi connectivity index (χ2n) is 5.57. The quantitative estimate of drug-likeness (QED) is 0.849. The number of nitrogens with one attached hydrogen (secondary N) is 2. The van der Waals surface area contributed by atoms with Gasteiger partial charge in [-0.3, -0.25) is 14.4 Å². The molecule has 2 unspecified atom stereocenters. The van der Waals surface area contributed by atoms with Gasteiger partial charge in [0.1, 0.15) is 5.82 Å². The summed E-state index contributed by atoms with van der Waals surface area (Å²) in [4.78, 5) is 36.7. The zero-order valence-corrected chi connectivity index (χ0v) is 12.7. The van der Waals surface area contributed by atoms with Crippen molar-refractivity contribution in [2.24, 2.45) is 5.92 Å². The summed E-state index contributed by atoms with van der Waals surface area (Å²) >= 11 is 0. The van der Waals surface area contributed by atoms with Crippen LogP contribution in [0, 0.1) is 11.7 Å². The van der Waals surface area contributed by atoms with Crippen molar-refractivity contribution in [1.82, 2.24) is 5.32 Å². The van der Waals surface area contributed by atoms with E-state index >= 15 is 0 Å². The normalized spacial score (nSPS) is 20.4.